The number of furan rings is 1. The van der Waals surface area contributed by atoms with Crippen molar-refractivity contribution in [3.63, 3.8) is 0 Å². The number of amides is 1. The van der Waals surface area contributed by atoms with Crippen LogP contribution in [0.1, 0.15) is 17.7 Å². The van der Waals surface area contributed by atoms with Gasteiger partial charge in [-0.15, -0.1) is 0 Å². The van der Waals surface area contributed by atoms with E-state index in [1.54, 1.807) is 18.5 Å². The summed E-state index contributed by atoms with van der Waals surface area (Å²) in [5, 5.41) is 14.9. The lowest BCUT2D eigenvalue weighted by Gasteiger charge is -2.16. The average Bonchev–Trinajstić information content (AvgIpc) is 3.30. The zero-order valence-corrected chi connectivity index (χ0v) is 13.9. The number of rotatable bonds is 7. The fourth-order valence-electron chi connectivity index (χ4n) is 2.89. The molecule has 0 aromatic carbocycles. The Labute approximate surface area is 146 Å². The minimum atomic E-state index is 0.0127. The van der Waals surface area contributed by atoms with Gasteiger partial charge >= 0.3 is 0 Å². The third kappa shape index (κ3) is 5.06. The number of carbonyl (C=O) groups is 1. The van der Waals surface area contributed by atoms with Crippen LogP contribution in [0.3, 0.4) is 0 Å². The SMILES string of the molecule is N#Cc1ccc(NC[C@@H]2CCN(CC(=O)NCc3ccco3)C2)nc1. The maximum Gasteiger partial charge on any atom is 0.234 e. The lowest BCUT2D eigenvalue weighted by molar-refractivity contribution is -0.122. The quantitative estimate of drug-likeness (QED) is 0.796. The van der Waals surface area contributed by atoms with Crippen molar-refractivity contribution < 1.29 is 9.21 Å². The Morgan fingerprint density at radius 3 is 3.08 bits per heavy atom. The maximum absolute atomic E-state index is 12.0. The van der Waals surface area contributed by atoms with Gasteiger partial charge in [0.25, 0.3) is 0 Å². The number of nitrogens with one attached hydrogen (secondary N) is 2. The van der Waals surface area contributed by atoms with Crippen LogP contribution >= 0.6 is 0 Å². The van der Waals surface area contributed by atoms with Crippen molar-refractivity contribution in [2.45, 2.75) is 13.0 Å². The number of likely N-dealkylation sites (tertiary alicyclic amines) is 1. The van der Waals surface area contributed by atoms with Crippen molar-refractivity contribution in [3.05, 3.63) is 48.0 Å². The van der Waals surface area contributed by atoms with Crippen molar-refractivity contribution in [1.29, 1.82) is 5.26 Å². The molecule has 1 atom stereocenters. The summed E-state index contributed by atoms with van der Waals surface area (Å²) >= 11 is 0. The highest BCUT2D eigenvalue weighted by atomic mass is 16.3. The summed E-state index contributed by atoms with van der Waals surface area (Å²) in [7, 11) is 0. The van der Waals surface area contributed by atoms with Gasteiger partial charge < -0.3 is 15.1 Å². The minimum absolute atomic E-state index is 0.0127. The predicted octanol–water partition coefficient (Wildman–Crippen LogP) is 1.60. The van der Waals surface area contributed by atoms with Crippen LogP contribution in [0.15, 0.2) is 41.1 Å². The molecular formula is C18H21N5O2. The number of hydrogen-bond donors (Lipinski definition) is 2. The zero-order valence-electron chi connectivity index (χ0n) is 13.9. The van der Waals surface area contributed by atoms with Crippen LogP contribution in [0.4, 0.5) is 5.82 Å². The van der Waals surface area contributed by atoms with Crippen LogP contribution < -0.4 is 10.6 Å². The van der Waals surface area contributed by atoms with Gasteiger partial charge in [-0.3, -0.25) is 9.69 Å². The van der Waals surface area contributed by atoms with E-state index in [4.69, 9.17) is 9.68 Å². The number of aromatic nitrogens is 1. The molecule has 25 heavy (non-hydrogen) atoms. The Morgan fingerprint density at radius 2 is 2.36 bits per heavy atom. The molecule has 1 amide bonds. The van der Waals surface area contributed by atoms with Crippen LogP contribution in [0.5, 0.6) is 0 Å². The molecule has 0 spiro atoms. The normalized spacial score (nSPS) is 17.2. The first kappa shape index (κ1) is 17.0. The molecule has 7 nitrogen and oxygen atoms in total. The molecule has 0 aliphatic carbocycles. The van der Waals surface area contributed by atoms with E-state index in [0.29, 0.717) is 24.6 Å². The number of anilines is 1. The highest BCUT2D eigenvalue weighted by Crippen LogP contribution is 2.16. The topological polar surface area (TPSA) is 94.2 Å². The van der Waals surface area contributed by atoms with Crippen molar-refractivity contribution in [1.82, 2.24) is 15.2 Å². The van der Waals surface area contributed by atoms with Crippen LogP contribution in [0, 0.1) is 17.2 Å². The largest absolute Gasteiger partial charge is 0.467 e. The first-order chi connectivity index (χ1) is 12.2. The summed E-state index contributed by atoms with van der Waals surface area (Å²) in [5.41, 5.74) is 0.554. The summed E-state index contributed by atoms with van der Waals surface area (Å²) in [4.78, 5) is 18.4. The third-order valence-electron chi connectivity index (χ3n) is 4.24. The van der Waals surface area contributed by atoms with Crippen LogP contribution in [-0.2, 0) is 11.3 Å². The second-order valence-electron chi connectivity index (χ2n) is 6.17. The Bertz CT molecular complexity index is 721. The van der Waals surface area contributed by atoms with Gasteiger partial charge in [0.2, 0.25) is 5.91 Å². The molecule has 1 saturated heterocycles. The molecule has 0 bridgehead atoms. The second kappa shape index (κ2) is 8.31. The Kier molecular flexibility index (Phi) is 5.65. The number of nitrogens with zero attached hydrogens (tertiary/aromatic N) is 3. The van der Waals surface area contributed by atoms with Gasteiger partial charge in [-0.2, -0.15) is 5.26 Å². The molecule has 2 aromatic rings. The van der Waals surface area contributed by atoms with E-state index in [-0.39, 0.29) is 5.91 Å². The molecule has 1 fully saturated rings. The van der Waals surface area contributed by atoms with E-state index in [1.807, 2.05) is 18.2 Å². The number of carbonyl (C=O) groups excluding carboxylic acids is 1. The van der Waals surface area contributed by atoms with Crippen molar-refractivity contribution in [2.24, 2.45) is 5.92 Å². The zero-order chi connectivity index (χ0) is 17.5. The molecule has 0 radical (unpaired) electrons. The molecule has 0 unspecified atom stereocenters. The molecular weight excluding hydrogens is 318 g/mol. The van der Waals surface area contributed by atoms with E-state index in [1.165, 1.54) is 0 Å². The fraction of sp³-hybridized carbons (Fsp3) is 0.389. The maximum atomic E-state index is 12.0. The van der Waals surface area contributed by atoms with Gasteiger partial charge in [0, 0.05) is 19.3 Å². The lowest BCUT2D eigenvalue weighted by atomic mass is 10.1. The smallest absolute Gasteiger partial charge is 0.234 e. The number of nitriles is 1. The first-order valence-electron chi connectivity index (χ1n) is 8.34. The van der Waals surface area contributed by atoms with Gasteiger partial charge in [0.05, 0.1) is 24.9 Å². The summed E-state index contributed by atoms with van der Waals surface area (Å²) < 4.78 is 5.20. The number of pyridine rings is 1. The van der Waals surface area contributed by atoms with Crippen molar-refractivity contribution in [2.75, 3.05) is 31.5 Å². The van der Waals surface area contributed by atoms with E-state index < -0.39 is 0 Å². The molecule has 2 N–H and O–H groups in total. The average molecular weight is 339 g/mol. The standard InChI is InChI=1S/C18H21N5O2/c19-8-14-3-4-17(20-9-14)21-10-15-5-6-23(12-15)13-18(24)22-11-16-2-1-7-25-16/h1-4,7,9,15H,5-6,10-13H2,(H,20,21)(H,22,24)/t15-/m0/s1. The Morgan fingerprint density at radius 1 is 1.44 bits per heavy atom. The highest BCUT2D eigenvalue weighted by Gasteiger charge is 2.23. The molecule has 7 heteroatoms. The van der Waals surface area contributed by atoms with Crippen LogP contribution in [0.2, 0.25) is 0 Å². The highest BCUT2D eigenvalue weighted by molar-refractivity contribution is 5.77. The van der Waals surface area contributed by atoms with Gasteiger partial charge in [-0.1, -0.05) is 0 Å². The van der Waals surface area contributed by atoms with Gasteiger partial charge in [0.15, 0.2) is 0 Å². The van der Waals surface area contributed by atoms with E-state index >= 15 is 0 Å². The number of hydrogen-bond acceptors (Lipinski definition) is 6. The predicted molar refractivity (Wildman–Crippen MR) is 92.5 cm³/mol. The first-order valence-corrected chi connectivity index (χ1v) is 8.34. The van der Waals surface area contributed by atoms with Crippen LogP contribution in [0.25, 0.3) is 0 Å². The van der Waals surface area contributed by atoms with E-state index in [2.05, 4.69) is 26.6 Å². The summed E-state index contributed by atoms with van der Waals surface area (Å²) in [6, 6.07) is 9.27. The molecule has 130 valence electrons. The third-order valence-corrected chi connectivity index (χ3v) is 4.24. The van der Waals surface area contributed by atoms with Gasteiger partial charge in [-0.25, -0.2) is 4.98 Å². The summed E-state index contributed by atoms with van der Waals surface area (Å²) in [6.45, 7) is 3.45. The van der Waals surface area contributed by atoms with Crippen molar-refractivity contribution in [3.8, 4) is 6.07 Å². The van der Waals surface area contributed by atoms with Crippen LogP contribution in [-0.4, -0.2) is 42.0 Å². The molecule has 3 heterocycles. The molecule has 3 rings (SSSR count). The molecule has 1 aliphatic heterocycles. The lowest BCUT2D eigenvalue weighted by Crippen LogP contribution is -2.36. The Balaban J connectivity index is 1.36. The minimum Gasteiger partial charge on any atom is -0.467 e. The van der Waals surface area contributed by atoms with E-state index in [9.17, 15) is 4.79 Å². The van der Waals surface area contributed by atoms with Gasteiger partial charge in [-0.05, 0) is 43.1 Å². The van der Waals surface area contributed by atoms with Gasteiger partial charge in [0.1, 0.15) is 17.6 Å². The molecule has 1 aliphatic rings. The van der Waals surface area contributed by atoms with E-state index in [0.717, 1.165) is 37.6 Å². The fourth-order valence-corrected chi connectivity index (χ4v) is 2.89. The Hall–Kier alpha value is -2.85. The second-order valence-corrected chi connectivity index (χ2v) is 6.17. The monoisotopic (exact) mass is 339 g/mol. The summed E-state index contributed by atoms with van der Waals surface area (Å²) in [6.07, 6.45) is 4.21. The molecule has 2 aromatic heterocycles. The molecule has 0 saturated carbocycles. The summed E-state index contributed by atoms with van der Waals surface area (Å²) in [5.74, 6) is 2.02. The van der Waals surface area contributed by atoms with Crippen molar-refractivity contribution >= 4 is 11.7 Å².